The SMILES string of the molecule is COCCCN1C(=O)c2ccc(NC(=O)Nc3c(Cl)cccc3Cl)cc2C1=O. The second-order valence-electron chi connectivity index (χ2n) is 6.04. The summed E-state index contributed by atoms with van der Waals surface area (Å²) >= 11 is 12.1. The highest BCUT2D eigenvalue weighted by atomic mass is 35.5. The van der Waals surface area contributed by atoms with Gasteiger partial charge in [0.1, 0.15) is 0 Å². The highest BCUT2D eigenvalue weighted by Crippen LogP contribution is 2.30. The van der Waals surface area contributed by atoms with Crippen LogP contribution in [0.2, 0.25) is 10.0 Å². The second kappa shape index (κ2) is 8.60. The van der Waals surface area contributed by atoms with Crippen LogP contribution in [0.1, 0.15) is 27.1 Å². The average molecular weight is 422 g/mol. The number of carbonyl (C=O) groups excluding carboxylic acids is 3. The van der Waals surface area contributed by atoms with Gasteiger partial charge in [0.25, 0.3) is 11.8 Å². The van der Waals surface area contributed by atoms with Gasteiger partial charge in [0.05, 0.1) is 26.9 Å². The Morgan fingerprint density at radius 3 is 2.39 bits per heavy atom. The highest BCUT2D eigenvalue weighted by Gasteiger charge is 2.35. The van der Waals surface area contributed by atoms with E-state index in [0.29, 0.717) is 34.3 Å². The molecule has 0 radical (unpaired) electrons. The molecule has 28 heavy (non-hydrogen) atoms. The summed E-state index contributed by atoms with van der Waals surface area (Å²) in [6, 6.07) is 8.82. The molecule has 0 fully saturated rings. The summed E-state index contributed by atoms with van der Waals surface area (Å²) in [5.41, 5.74) is 1.19. The zero-order chi connectivity index (χ0) is 20.3. The number of halogens is 2. The topological polar surface area (TPSA) is 87.7 Å². The van der Waals surface area contributed by atoms with Gasteiger partial charge in [-0.05, 0) is 36.8 Å². The number of para-hydroxylation sites is 1. The molecular formula is C19H17Cl2N3O4. The van der Waals surface area contributed by atoms with Crippen LogP contribution in [0.5, 0.6) is 0 Å². The standard InChI is InChI=1S/C19H17Cl2N3O4/c1-28-9-3-8-24-17(25)12-7-6-11(10-13(12)18(24)26)22-19(27)23-16-14(20)4-2-5-15(16)21/h2,4-7,10H,3,8-9H2,1H3,(H2,22,23,27). The molecule has 146 valence electrons. The summed E-state index contributed by atoms with van der Waals surface area (Å²) in [6.45, 7) is 0.722. The lowest BCUT2D eigenvalue weighted by Gasteiger charge is -2.12. The Labute approximate surface area is 171 Å². The van der Waals surface area contributed by atoms with E-state index >= 15 is 0 Å². The molecular weight excluding hydrogens is 405 g/mol. The number of carbonyl (C=O) groups is 3. The van der Waals surface area contributed by atoms with Crippen LogP contribution in [0.15, 0.2) is 36.4 Å². The lowest BCUT2D eigenvalue weighted by molar-refractivity contribution is 0.0638. The maximum Gasteiger partial charge on any atom is 0.323 e. The summed E-state index contributed by atoms with van der Waals surface area (Å²) in [5, 5.41) is 5.77. The van der Waals surface area contributed by atoms with Crippen molar-refractivity contribution in [3.8, 4) is 0 Å². The van der Waals surface area contributed by atoms with E-state index in [9.17, 15) is 14.4 Å². The van der Waals surface area contributed by atoms with Crippen molar-refractivity contribution in [2.24, 2.45) is 0 Å². The number of benzene rings is 2. The fraction of sp³-hybridized carbons (Fsp3) is 0.211. The van der Waals surface area contributed by atoms with Crippen LogP contribution in [-0.4, -0.2) is 43.0 Å². The van der Waals surface area contributed by atoms with Crippen molar-refractivity contribution in [2.45, 2.75) is 6.42 Å². The number of fused-ring (bicyclic) bond motifs is 1. The number of anilines is 2. The molecule has 1 aliphatic rings. The summed E-state index contributed by atoms with van der Waals surface area (Å²) in [4.78, 5) is 38.3. The molecule has 4 amide bonds. The molecule has 0 bridgehead atoms. The van der Waals surface area contributed by atoms with Crippen LogP contribution in [-0.2, 0) is 4.74 Å². The Kier molecular flexibility index (Phi) is 6.18. The van der Waals surface area contributed by atoms with Gasteiger partial charge in [-0.15, -0.1) is 0 Å². The number of methoxy groups -OCH3 is 1. The van der Waals surface area contributed by atoms with E-state index in [0.717, 1.165) is 0 Å². The first-order chi connectivity index (χ1) is 13.4. The fourth-order valence-corrected chi connectivity index (χ4v) is 3.32. The minimum Gasteiger partial charge on any atom is -0.385 e. The predicted molar refractivity (Wildman–Crippen MR) is 107 cm³/mol. The molecule has 0 spiro atoms. The van der Waals surface area contributed by atoms with Crippen molar-refractivity contribution in [1.29, 1.82) is 0 Å². The van der Waals surface area contributed by atoms with E-state index in [1.54, 1.807) is 31.4 Å². The molecule has 3 rings (SSSR count). The number of urea groups is 1. The van der Waals surface area contributed by atoms with Gasteiger partial charge in [-0.3, -0.25) is 14.5 Å². The molecule has 0 aliphatic carbocycles. The quantitative estimate of drug-likeness (QED) is 0.538. The molecule has 0 saturated heterocycles. The Bertz CT molecular complexity index is 929. The summed E-state index contributed by atoms with van der Waals surface area (Å²) in [7, 11) is 1.56. The number of imide groups is 1. The van der Waals surface area contributed by atoms with Gasteiger partial charge in [-0.2, -0.15) is 0 Å². The lowest BCUT2D eigenvalue weighted by Crippen LogP contribution is -2.31. The summed E-state index contributed by atoms with van der Waals surface area (Å²) in [5.74, 6) is -0.746. The van der Waals surface area contributed by atoms with Crippen LogP contribution in [0, 0.1) is 0 Å². The highest BCUT2D eigenvalue weighted by molar-refractivity contribution is 6.39. The number of hydrogen-bond donors (Lipinski definition) is 2. The minimum atomic E-state index is -0.580. The Hall–Kier alpha value is -2.61. The first kappa shape index (κ1) is 20.1. The third kappa shape index (κ3) is 4.11. The molecule has 9 heteroatoms. The van der Waals surface area contributed by atoms with Gasteiger partial charge in [-0.1, -0.05) is 29.3 Å². The van der Waals surface area contributed by atoms with Gasteiger partial charge < -0.3 is 15.4 Å². The van der Waals surface area contributed by atoms with E-state index in [4.69, 9.17) is 27.9 Å². The monoisotopic (exact) mass is 421 g/mol. The van der Waals surface area contributed by atoms with Gasteiger partial charge in [-0.25, -0.2) is 4.79 Å². The zero-order valence-corrected chi connectivity index (χ0v) is 16.4. The van der Waals surface area contributed by atoms with Crippen molar-refractivity contribution in [2.75, 3.05) is 30.9 Å². The average Bonchev–Trinajstić information content (AvgIpc) is 2.89. The number of amides is 4. The largest absolute Gasteiger partial charge is 0.385 e. The molecule has 0 atom stereocenters. The van der Waals surface area contributed by atoms with Crippen molar-refractivity contribution in [1.82, 2.24) is 4.90 Å². The third-order valence-corrected chi connectivity index (χ3v) is 4.79. The van der Waals surface area contributed by atoms with E-state index in [2.05, 4.69) is 10.6 Å². The molecule has 1 heterocycles. The van der Waals surface area contributed by atoms with Crippen molar-refractivity contribution in [3.05, 3.63) is 57.6 Å². The maximum atomic E-state index is 12.5. The zero-order valence-electron chi connectivity index (χ0n) is 14.9. The van der Waals surface area contributed by atoms with E-state index in [-0.39, 0.29) is 23.7 Å². The van der Waals surface area contributed by atoms with Gasteiger partial charge >= 0.3 is 6.03 Å². The first-order valence-corrected chi connectivity index (χ1v) is 9.19. The Morgan fingerprint density at radius 2 is 1.71 bits per heavy atom. The smallest absolute Gasteiger partial charge is 0.323 e. The number of hydrogen-bond acceptors (Lipinski definition) is 4. The number of rotatable bonds is 6. The van der Waals surface area contributed by atoms with Crippen LogP contribution < -0.4 is 10.6 Å². The van der Waals surface area contributed by atoms with Crippen molar-refractivity contribution in [3.63, 3.8) is 0 Å². The maximum absolute atomic E-state index is 12.5. The van der Waals surface area contributed by atoms with Gasteiger partial charge in [0.2, 0.25) is 0 Å². The molecule has 0 unspecified atom stereocenters. The van der Waals surface area contributed by atoms with Crippen molar-refractivity contribution >= 4 is 52.4 Å². The first-order valence-electron chi connectivity index (χ1n) is 8.43. The molecule has 0 aromatic heterocycles. The van der Waals surface area contributed by atoms with Crippen LogP contribution in [0.3, 0.4) is 0 Å². The molecule has 1 aliphatic heterocycles. The molecule has 2 aromatic rings. The molecule has 2 N–H and O–H groups in total. The van der Waals surface area contributed by atoms with Crippen LogP contribution in [0.25, 0.3) is 0 Å². The molecule has 2 aromatic carbocycles. The van der Waals surface area contributed by atoms with Crippen molar-refractivity contribution < 1.29 is 19.1 Å². The van der Waals surface area contributed by atoms with E-state index in [1.807, 2.05) is 0 Å². The summed E-state index contributed by atoms with van der Waals surface area (Å²) < 4.78 is 4.96. The third-order valence-electron chi connectivity index (χ3n) is 4.16. The predicted octanol–water partition coefficient (Wildman–Crippen LogP) is 4.27. The summed E-state index contributed by atoms with van der Waals surface area (Å²) in [6.07, 6.45) is 0.550. The Morgan fingerprint density at radius 1 is 1.04 bits per heavy atom. The lowest BCUT2D eigenvalue weighted by atomic mass is 10.1. The number of ether oxygens (including phenoxy) is 1. The normalized spacial score (nSPS) is 12.9. The molecule has 0 saturated carbocycles. The van der Waals surface area contributed by atoms with Gasteiger partial charge in [0.15, 0.2) is 0 Å². The minimum absolute atomic E-state index is 0.246. The van der Waals surface area contributed by atoms with E-state index < -0.39 is 11.9 Å². The van der Waals surface area contributed by atoms with E-state index in [1.165, 1.54) is 17.0 Å². The number of nitrogens with zero attached hydrogens (tertiary/aromatic N) is 1. The van der Waals surface area contributed by atoms with Crippen LogP contribution >= 0.6 is 23.2 Å². The molecule has 7 nitrogen and oxygen atoms in total. The fourth-order valence-electron chi connectivity index (χ4n) is 2.83. The number of nitrogens with one attached hydrogen (secondary N) is 2. The van der Waals surface area contributed by atoms with Crippen LogP contribution in [0.4, 0.5) is 16.2 Å². The Balaban J connectivity index is 1.72. The second-order valence-corrected chi connectivity index (χ2v) is 6.86. The van der Waals surface area contributed by atoms with Gasteiger partial charge in [0, 0.05) is 25.9 Å².